The van der Waals surface area contributed by atoms with Crippen LogP contribution in [0.2, 0.25) is 5.02 Å². The van der Waals surface area contributed by atoms with Crippen LogP contribution in [0, 0.1) is 18.6 Å². The number of carboxylic acids is 1. The van der Waals surface area contributed by atoms with Gasteiger partial charge in [0.15, 0.2) is 0 Å². The fourth-order valence-corrected chi connectivity index (χ4v) is 3.67. The van der Waals surface area contributed by atoms with E-state index in [9.17, 15) is 18.7 Å². The SMILES string of the molecule is Cc1c(F)ccc(-c2c(C(=O)O)sc3cc(F)ccc23)c1Cl. The van der Waals surface area contributed by atoms with E-state index in [4.69, 9.17) is 11.6 Å². The molecule has 3 aromatic rings. The third-order valence-corrected chi connectivity index (χ3v) is 5.06. The van der Waals surface area contributed by atoms with Gasteiger partial charge in [-0.2, -0.15) is 0 Å². The highest BCUT2D eigenvalue weighted by Gasteiger charge is 2.22. The molecule has 0 radical (unpaired) electrons. The third-order valence-electron chi connectivity index (χ3n) is 3.44. The standard InChI is InChI=1S/C16H9ClF2O2S/c1-7-11(19)5-4-10(14(7)17)13-9-3-2-8(18)6-12(9)22-15(13)16(20)21/h2-6H,1H3,(H,20,21). The summed E-state index contributed by atoms with van der Waals surface area (Å²) < 4.78 is 27.4. The van der Waals surface area contributed by atoms with Gasteiger partial charge in [-0.25, -0.2) is 13.6 Å². The summed E-state index contributed by atoms with van der Waals surface area (Å²) in [5, 5.41) is 10.2. The van der Waals surface area contributed by atoms with E-state index < -0.39 is 17.6 Å². The van der Waals surface area contributed by atoms with Crippen LogP contribution in [-0.2, 0) is 0 Å². The smallest absolute Gasteiger partial charge is 0.346 e. The fourth-order valence-electron chi connectivity index (χ4n) is 2.34. The Bertz CT molecular complexity index is 918. The molecule has 0 saturated carbocycles. The second-order valence-electron chi connectivity index (χ2n) is 4.79. The molecule has 0 saturated heterocycles. The van der Waals surface area contributed by atoms with Crippen molar-refractivity contribution in [2.45, 2.75) is 6.92 Å². The monoisotopic (exact) mass is 338 g/mol. The fraction of sp³-hybridized carbons (Fsp3) is 0.0625. The average Bonchev–Trinajstić information content (AvgIpc) is 2.83. The lowest BCUT2D eigenvalue weighted by Gasteiger charge is -2.08. The molecule has 1 heterocycles. The van der Waals surface area contributed by atoms with Crippen molar-refractivity contribution in [3.63, 3.8) is 0 Å². The molecule has 0 amide bonds. The summed E-state index contributed by atoms with van der Waals surface area (Å²) in [6, 6.07) is 6.74. The number of rotatable bonds is 2. The number of thiophene rings is 1. The van der Waals surface area contributed by atoms with Crippen molar-refractivity contribution in [1.82, 2.24) is 0 Å². The van der Waals surface area contributed by atoms with Crippen molar-refractivity contribution in [2.75, 3.05) is 0 Å². The zero-order chi connectivity index (χ0) is 16.0. The van der Waals surface area contributed by atoms with Gasteiger partial charge < -0.3 is 5.11 Å². The zero-order valence-electron chi connectivity index (χ0n) is 11.3. The molecule has 0 aliphatic heterocycles. The highest BCUT2D eigenvalue weighted by molar-refractivity contribution is 7.21. The molecule has 2 aromatic carbocycles. The minimum Gasteiger partial charge on any atom is -0.477 e. The van der Waals surface area contributed by atoms with Crippen molar-refractivity contribution >= 4 is 39.0 Å². The minimum absolute atomic E-state index is 0.0495. The van der Waals surface area contributed by atoms with Gasteiger partial charge in [-0.15, -0.1) is 11.3 Å². The van der Waals surface area contributed by atoms with Crippen molar-refractivity contribution in [2.24, 2.45) is 0 Å². The van der Waals surface area contributed by atoms with Gasteiger partial charge in [0.05, 0.1) is 5.02 Å². The highest BCUT2D eigenvalue weighted by atomic mass is 35.5. The predicted molar refractivity (Wildman–Crippen MR) is 83.9 cm³/mol. The van der Waals surface area contributed by atoms with Crippen LogP contribution in [0.25, 0.3) is 21.2 Å². The molecule has 0 unspecified atom stereocenters. The van der Waals surface area contributed by atoms with Gasteiger partial charge in [0.2, 0.25) is 0 Å². The van der Waals surface area contributed by atoms with Crippen LogP contribution < -0.4 is 0 Å². The lowest BCUT2D eigenvalue weighted by atomic mass is 9.99. The number of fused-ring (bicyclic) bond motifs is 1. The summed E-state index contributed by atoms with van der Waals surface area (Å²) in [6.07, 6.45) is 0. The van der Waals surface area contributed by atoms with Crippen molar-refractivity contribution in [1.29, 1.82) is 0 Å². The van der Waals surface area contributed by atoms with Gasteiger partial charge in [0, 0.05) is 26.8 Å². The van der Waals surface area contributed by atoms with Gasteiger partial charge in [0.1, 0.15) is 16.5 Å². The van der Waals surface area contributed by atoms with Gasteiger partial charge >= 0.3 is 5.97 Å². The summed E-state index contributed by atoms with van der Waals surface area (Å²) in [6.45, 7) is 1.52. The number of hydrogen-bond donors (Lipinski definition) is 1. The van der Waals surface area contributed by atoms with Crippen LogP contribution in [0.5, 0.6) is 0 Å². The first-order valence-electron chi connectivity index (χ1n) is 6.30. The van der Waals surface area contributed by atoms with Gasteiger partial charge in [0.25, 0.3) is 0 Å². The summed E-state index contributed by atoms with van der Waals surface area (Å²) in [4.78, 5) is 11.6. The second kappa shape index (κ2) is 5.34. The number of carbonyl (C=O) groups is 1. The van der Waals surface area contributed by atoms with Gasteiger partial charge in [-0.3, -0.25) is 0 Å². The molecule has 0 aliphatic rings. The van der Waals surface area contributed by atoms with Crippen LogP contribution in [0.4, 0.5) is 8.78 Å². The summed E-state index contributed by atoms with van der Waals surface area (Å²) in [7, 11) is 0. The molecule has 22 heavy (non-hydrogen) atoms. The molecule has 0 atom stereocenters. The van der Waals surface area contributed by atoms with E-state index in [1.165, 1.54) is 37.3 Å². The Kier molecular flexibility index (Phi) is 3.62. The first-order valence-corrected chi connectivity index (χ1v) is 7.50. The van der Waals surface area contributed by atoms with E-state index in [0.29, 0.717) is 21.2 Å². The third kappa shape index (κ3) is 2.26. The van der Waals surface area contributed by atoms with Crippen LogP contribution in [0.1, 0.15) is 15.2 Å². The second-order valence-corrected chi connectivity index (χ2v) is 6.22. The Morgan fingerprint density at radius 1 is 1.23 bits per heavy atom. The van der Waals surface area contributed by atoms with E-state index in [1.54, 1.807) is 0 Å². The topological polar surface area (TPSA) is 37.3 Å². The first-order chi connectivity index (χ1) is 10.4. The quantitative estimate of drug-likeness (QED) is 0.669. The molecule has 6 heteroatoms. The summed E-state index contributed by atoms with van der Waals surface area (Å²) in [5.41, 5.74) is 1.06. The molecular formula is C16H9ClF2O2S. The molecule has 2 nitrogen and oxygen atoms in total. The highest BCUT2D eigenvalue weighted by Crippen LogP contribution is 2.42. The Balaban J connectivity index is 2.41. The number of hydrogen-bond acceptors (Lipinski definition) is 2. The van der Waals surface area contributed by atoms with Crippen molar-refractivity contribution < 1.29 is 18.7 Å². The number of benzene rings is 2. The van der Waals surface area contributed by atoms with Crippen LogP contribution in [0.15, 0.2) is 30.3 Å². The molecule has 1 aromatic heterocycles. The van der Waals surface area contributed by atoms with E-state index in [-0.39, 0.29) is 15.5 Å². The maximum Gasteiger partial charge on any atom is 0.346 e. The molecule has 1 N–H and O–H groups in total. The molecular weight excluding hydrogens is 330 g/mol. The number of carboxylic acid groups (broad SMARTS) is 1. The zero-order valence-corrected chi connectivity index (χ0v) is 12.9. The maximum atomic E-state index is 13.6. The first kappa shape index (κ1) is 14.9. The summed E-state index contributed by atoms with van der Waals surface area (Å²) in [5.74, 6) is -2.04. The average molecular weight is 339 g/mol. The largest absolute Gasteiger partial charge is 0.477 e. The molecule has 0 bridgehead atoms. The molecule has 0 fully saturated rings. The lowest BCUT2D eigenvalue weighted by molar-refractivity contribution is 0.0703. The van der Waals surface area contributed by atoms with E-state index >= 15 is 0 Å². The van der Waals surface area contributed by atoms with Gasteiger partial charge in [-0.1, -0.05) is 11.6 Å². The Hall–Kier alpha value is -1.98. The van der Waals surface area contributed by atoms with Crippen LogP contribution >= 0.6 is 22.9 Å². The molecule has 3 rings (SSSR count). The van der Waals surface area contributed by atoms with E-state index in [1.807, 2.05) is 0 Å². The Labute approximate surface area is 133 Å². The van der Waals surface area contributed by atoms with Crippen molar-refractivity contribution in [3.05, 3.63) is 57.4 Å². The van der Waals surface area contributed by atoms with Gasteiger partial charge in [-0.05, 0) is 37.3 Å². The minimum atomic E-state index is -1.13. The van der Waals surface area contributed by atoms with E-state index in [0.717, 1.165) is 11.3 Å². The Morgan fingerprint density at radius 2 is 1.95 bits per heavy atom. The predicted octanol–water partition coefficient (Wildman–Crippen LogP) is 5.51. The molecule has 0 aliphatic carbocycles. The molecule has 0 spiro atoms. The normalized spacial score (nSPS) is 11.1. The number of aromatic carboxylic acids is 1. The Morgan fingerprint density at radius 3 is 2.64 bits per heavy atom. The van der Waals surface area contributed by atoms with Crippen LogP contribution in [0.3, 0.4) is 0 Å². The van der Waals surface area contributed by atoms with Crippen molar-refractivity contribution in [3.8, 4) is 11.1 Å². The summed E-state index contributed by atoms with van der Waals surface area (Å²) >= 11 is 7.16. The van der Waals surface area contributed by atoms with Crippen LogP contribution in [-0.4, -0.2) is 11.1 Å². The lowest BCUT2D eigenvalue weighted by Crippen LogP contribution is -1.96. The molecule has 112 valence electrons. The maximum absolute atomic E-state index is 13.6. The van der Waals surface area contributed by atoms with E-state index in [2.05, 4.69) is 0 Å². The number of halogens is 3.